The summed E-state index contributed by atoms with van der Waals surface area (Å²) in [4.78, 5) is 84.4. The average molecular weight is 717 g/mol. The molecule has 0 spiro atoms. The molecule has 0 saturated carbocycles. The van der Waals surface area contributed by atoms with Crippen LogP contribution in [0, 0.1) is 0 Å². The molecule has 3 aromatic rings. The van der Waals surface area contributed by atoms with Gasteiger partial charge in [0.1, 0.15) is 12.7 Å². The van der Waals surface area contributed by atoms with Gasteiger partial charge in [0.15, 0.2) is 41.8 Å². The highest BCUT2D eigenvalue weighted by Gasteiger charge is 2.51. The zero-order valence-electron chi connectivity index (χ0n) is 28.3. The maximum absolute atomic E-state index is 13.2. The number of nitrogens with two attached hydrogens (primary N) is 1. The van der Waals surface area contributed by atoms with Crippen molar-refractivity contribution in [2.24, 2.45) is 0 Å². The van der Waals surface area contributed by atoms with Crippen molar-refractivity contribution in [3.05, 3.63) is 52.6 Å². The second-order valence-electron chi connectivity index (χ2n) is 11.6. The molecule has 4 rings (SSSR count). The second kappa shape index (κ2) is 17.5. The predicted octanol–water partition coefficient (Wildman–Crippen LogP) is -0.372. The summed E-state index contributed by atoms with van der Waals surface area (Å²) >= 11 is 0. The number of fused-ring (bicyclic) bond motifs is 1. The van der Waals surface area contributed by atoms with E-state index >= 15 is 0 Å². The third-order valence-electron chi connectivity index (χ3n) is 7.52. The minimum Gasteiger partial charge on any atom is -0.459 e. The molecule has 276 valence electrons. The van der Waals surface area contributed by atoms with E-state index < -0.39 is 78.2 Å². The number of imidazole rings is 1. The molecule has 1 aromatic carbocycles. The van der Waals surface area contributed by atoms with Crippen molar-refractivity contribution in [2.45, 2.75) is 96.5 Å². The molecule has 1 aliphatic heterocycles. The Kier molecular flexibility index (Phi) is 13.2. The van der Waals surface area contributed by atoms with Crippen LogP contribution in [-0.2, 0) is 65.5 Å². The summed E-state index contributed by atoms with van der Waals surface area (Å²) in [6.45, 7) is 4.38. The molecule has 1 amide bonds. The molecule has 51 heavy (non-hydrogen) atoms. The van der Waals surface area contributed by atoms with Gasteiger partial charge in [-0.05, 0) is 18.9 Å². The Bertz CT molecular complexity index is 1760. The van der Waals surface area contributed by atoms with Gasteiger partial charge < -0.3 is 49.1 Å². The van der Waals surface area contributed by atoms with Crippen molar-refractivity contribution in [1.29, 1.82) is 0 Å². The number of rotatable bonds is 15. The molecule has 0 unspecified atom stereocenters. The van der Waals surface area contributed by atoms with E-state index in [9.17, 15) is 33.9 Å². The van der Waals surface area contributed by atoms with Crippen LogP contribution >= 0.6 is 0 Å². The molecule has 7 atom stereocenters. The number of aliphatic hydroxyl groups excluding tert-OH is 1. The third-order valence-corrected chi connectivity index (χ3v) is 7.52. The lowest BCUT2D eigenvalue weighted by Gasteiger charge is -2.43. The number of amides is 1. The van der Waals surface area contributed by atoms with Gasteiger partial charge in [-0.15, -0.1) is 0 Å². The molecule has 2 aromatic heterocycles. The molecule has 19 heteroatoms. The number of nitrogens with one attached hydrogen (secondary N) is 2. The molecule has 0 bridgehead atoms. The quantitative estimate of drug-likeness (QED) is 0.0888. The number of aromatic amines is 1. The first-order valence-electron chi connectivity index (χ1n) is 15.9. The van der Waals surface area contributed by atoms with Gasteiger partial charge in [-0.3, -0.25) is 29.0 Å². The fraction of sp³-hybridized carbons (Fsp3) is 0.500. The van der Waals surface area contributed by atoms with Crippen LogP contribution in [0.3, 0.4) is 0 Å². The van der Waals surface area contributed by atoms with E-state index in [0.29, 0.717) is 5.56 Å². The van der Waals surface area contributed by atoms with Crippen LogP contribution in [0.4, 0.5) is 5.95 Å². The van der Waals surface area contributed by atoms with Gasteiger partial charge >= 0.3 is 23.9 Å². The number of nitrogens with zero attached hydrogens (tertiary/aromatic N) is 3. The first-order valence-corrected chi connectivity index (χ1v) is 15.9. The van der Waals surface area contributed by atoms with Gasteiger partial charge in [0.2, 0.25) is 11.9 Å². The molecule has 0 radical (unpaired) electrons. The van der Waals surface area contributed by atoms with Crippen LogP contribution in [-0.4, -0.2) is 104 Å². The average Bonchev–Trinajstić information content (AvgIpc) is 3.46. The molecule has 0 aliphatic carbocycles. The Morgan fingerprint density at radius 3 is 2.33 bits per heavy atom. The van der Waals surface area contributed by atoms with E-state index in [2.05, 4.69) is 20.3 Å². The number of hydrogen-bond donors (Lipinski definition) is 4. The lowest BCUT2D eigenvalue weighted by atomic mass is 9.99. The molecule has 19 nitrogen and oxygen atoms in total. The predicted molar refractivity (Wildman–Crippen MR) is 173 cm³/mol. The minimum atomic E-state index is -1.57. The van der Waals surface area contributed by atoms with Gasteiger partial charge in [-0.25, -0.2) is 9.78 Å². The Labute approximate surface area is 290 Å². The SMILES string of the molecule is CC(=O)O[C@H]1[C@H](OC(C)=O)[C@@H](OCCCC(=O)N[C@H](C(=O)OCc2ccccc2)[C@@H](O)Cn2cnc3c(=O)[nH]c(N)nc32)O[C@@H](C)[C@H]1OC(C)=O. The fourth-order valence-electron chi connectivity index (χ4n) is 5.32. The molecule has 1 fully saturated rings. The maximum atomic E-state index is 13.2. The van der Waals surface area contributed by atoms with Gasteiger partial charge in [0.05, 0.1) is 25.6 Å². The normalized spacial score (nSPS) is 21.2. The Balaban J connectivity index is 1.42. The molecule has 1 aliphatic rings. The van der Waals surface area contributed by atoms with Crippen molar-refractivity contribution in [3.8, 4) is 0 Å². The number of hydrogen-bond acceptors (Lipinski definition) is 16. The monoisotopic (exact) mass is 716 g/mol. The van der Waals surface area contributed by atoms with Crippen molar-refractivity contribution < 1.29 is 57.5 Å². The van der Waals surface area contributed by atoms with E-state index in [1.807, 2.05) is 0 Å². The summed E-state index contributed by atoms with van der Waals surface area (Å²) in [5, 5.41) is 13.7. The van der Waals surface area contributed by atoms with Gasteiger partial charge in [-0.1, -0.05) is 30.3 Å². The van der Waals surface area contributed by atoms with Crippen molar-refractivity contribution in [1.82, 2.24) is 24.8 Å². The highest BCUT2D eigenvalue weighted by molar-refractivity contribution is 5.85. The lowest BCUT2D eigenvalue weighted by Crippen LogP contribution is -2.61. The van der Waals surface area contributed by atoms with Gasteiger partial charge in [-0.2, -0.15) is 4.98 Å². The largest absolute Gasteiger partial charge is 0.459 e. The number of carbonyl (C=O) groups is 5. The van der Waals surface area contributed by atoms with Crippen LogP contribution < -0.4 is 16.6 Å². The topological polar surface area (TPSA) is 263 Å². The van der Waals surface area contributed by atoms with Crippen molar-refractivity contribution in [2.75, 3.05) is 12.3 Å². The number of aromatic nitrogens is 4. The molecule has 3 heterocycles. The summed E-state index contributed by atoms with van der Waals surface area (Å²) < 4.78 is 34.3. The number of esters is 4. The van der Waals surface area contributed by atoms with E-state index in [-0.39, 0.29) is 49.7 Å². The van der Waals surface area contributed by atoms with Crippen LogP contribution in [0.5, 0.6) is 0 Å². The van der Waals surface area contributed by atoms with Gasteiger partial charge in [0.25, 0.3) is 5.56 Å². The molecule has 1 saturated heterocycles. The van der Waals surface area contributed by atoms with E-state index in [1.54, 1.807) is 37.3 Å². The Morgan fingerprint density at radius 2 is 1.67 bits per heavy atom. The smallest absolute Gasteiger partial charge is 0.331 e. The number of benzene rings is 1. The minimum absolute atomic E-state index is 0.0444. The van der Waals surface area contributed by atoms with Crippen LogP contribution in [0.15, 0.2) is 41.5 Å². The zero-order valence-corrected chi connectivity index (χ0v) is 28.3. The van der Waals surface area contributed by atoms with E-state index in [0.717, 1.165) is 20.8 Å². The molecular weight excluding hydrogens is 676 g/mol. The first kappa shape index (κ1) is 38.4. The first-order chi connectivity index (χ1) is 24.2. The summed E-state index contributed by atoms with van der Waals surface area (Å²) in [6, 6.07) is 7.21. The number of H-pyrrole nitrogens is 1. The summed E-state index contributed by atoms with van der Waals surface area (Å²) in [5.74, 6) is -3.93. The number of anilines is 1. The molecular formula is C32H40N6O13. The number of ether oxygens (including phenoxy) is 6. The zero-order chi connectivity index (χ0) is 37.2. The highest BCUT2D eigenvalue weighted by Crippen LogP contribution is 2.29. The summed E-state index contributed by atoms with van der Waals surface area (Å²) in [5.41, 5.74) is 5.74. The van der Waals surface area contributed by atoms with E-state index in [4.69, 9.17) is 34.2 Å². The van der Waals surface area contributed by atoms with Gasteiger partial charge in [0, 0.05) is 27.2 Å². The number of aliphatic hydroxyl groups is 1. The summed E-state index contributed by atoms with van der Waals surface area (Å²) in [7, 11) is 0. The van der Waals surface area contributed by atoms with Crippen molar-refractivity contribution in [3.63, 3.8) is 0 Å². The highest BCUT2D eigenvalue weighted by atomic mass is 16.7. The summed E-state index contributed by atoms with van der Waals surface area (Å²) in [6.07, 6.45) is -6.30. The third kappa shape index (κ3) is 10.5. The van der Waals surface area contributed by atoms with Crippen LogP contribution in [0.1, 0.15) is 46.1 Å². The van der Waals surface area contributed by atoms with Crippen molar-refractivity contribution >= 4 is 46.9 Å². The Hall–Kier alpha value is -5.40. The van der Waals surface area contributed by atoms with E-state index in [1.165, 1.54) is 10.9 Å². The Morgan fingerprint density at radius 1 is 1.02 bits per heavy atom. The van der Waals surface area contributed by atoms with Crippen LogP contribution in [0.2, 0.25) is 0 Å². The standard InChI is InChI=1S/C32H40N6O13/c1-16-25(49-17(2)39)26(50-18(3)40)27(51-19(4)41)31(48-16)46-12-8-11-22(43)35-23(30(45)47-14-20-9-6-5-7-10-20)21(42)13-38-15-34-24-28(38)36-32(33)37-29(24)44/h5-7,9-10,15-16,21,23,25-27,31,42H,8,11-14H2,1-4H3,(H,35,43)(H3,33,36,37,44)/t16-,21-,23-,25+,26+,27-,31-/m0/s1. The number of carbonyl (C=O) groups excluding carboxylic acids is 5. The lowest BCUT2D eigenvalue weighted by molar-refractivity contribution is -0.300. The molecule has 5 N–H and O–H groups in total. The fourth-order valence-corrected chi connectivity index (χ4v) is 5.32. The number of nitrogen functional groups attached to an aromatic ring is 1. The second-order valence-corrected chi connectivity index (χ2v) is 11.6. The van der Waals surface area contributed by atoms with Crippen LogP contribution in [0.25, 0.3) is 11.2 Å². The maximum Gasteiger partial charge on any atom is 0.331 e.